The lowest BCUT2D eigenvalue weighted by atomic mass is 10.1. The van der Waals surface area contributed by atoms with Crippen LogP contribution in [0.5, 0.6) is 0 Å². The molecule has 0 atom stereocenters. The van der Waals surface area contributed by atoms with Crippen molar-refractivity contribution in [3.8, 4) is 11.3 Å². The molecule has 3 rings (SSSR count). The maximum Gasteiger partial charge on any atom is 0.417 e. The Labute approximate surface area is 134 Å². The first-order valence-corrected chi connectivity index (χ1v) is 7.02. The van der Waals surface area contributed by atoms with Gasteiger partial charge in [0, 0.05) is 5.56 Å². The molecule has 0 aliphatic rings. The normalized spacial score (nSPS) is 11.5. The van der Waals surface area contributed by atoms with Gasteiger partial charge in [-0.25, -0.2) is 0 Å². The van der Waals surface area contributed by atoms with Crippen LogP contribution < -0.4 is 5.32 Å². The van der Waals surface area contributed by atoms with Crippen molar-refractivity contribution >= 4 is 5.91 Å². The van der Waals surface area contributed by atoms with E-state index in [9.17, 15) is 18.0 Å². The van der Waals surface area contributed by atoms with E-state index in [0.717, 1.165) is 6.07 Å². The number of amides is 1. The summed E-state index contributed by atoms with van der Waals surface area (Å²) in [6.45, 7) is 0.154. The quantitative estimate of drug-likeness (QED) is 0.764. The summed E-state index contributed by atoms with van der Waals surface area (Å²) in [5.74, 6) is -0.0840. The second-order valence-electron chi connectivity index (χ2n) is 4.97. The van der Waals surface area contributed by atoms with Gasteiger partial charge in [-0.1, -0.05) is 18.2 Å². The highest BCUT2D eigenvalue weighted by Gasteiger charge is 2.34. The number of hydrogen-bond acceptors (Lipinski definition) is 3. The Balaban J connectivity index is 1.80. The molecule has 1 N–H and O–H groups in total. The van der Waals surface area contributed by atoms with Crippen LogP contribution in [-0.2, 0) is 12.7 Å². The minimum atomic E-state index is -4.51. The number of nitrogens with one attached hydrogen (secondary N) is 1. The number of alkyl halides is 3. The zero-order valence-corrected chi connectivity index (χ0v) is 12.3. The molecule has 24 heavy (non-hydrogen) atoms. The van der Waals surface area contributed by atoms with Crippen molar-refractivity contribution < 1.29 is 26.8 Å². The number of benzene rings is 1. The van der Waals surface area contributed by atoms with E-state index in [1.165, 1.54) is 36.6 Å². The Morgan fingerprint density at radius 1 is 1.04 bits per heavy atom. The monoisotopic (exact) mass is 335 g/mol. The molecule has 4 nitrogen and oxygen atoms in total. The van der Waals surface area contributed by atoms with E-state index in [1.807, 2.05) is 0 Å². The van der Waals surface area contributed by atoms with Gasteiger partial charge in [-0.15, -0.1) is 0 Å². The summed E-state index contributed by atoms with van der Waals surface area (Å²) in [5, 5.41) is 2.56. The second-order valence-corrected chi connectivity index (χ2v) is 4.97. The van der Waals surface area contributed by atoms with Crippen LogP contribution in [0.25, 0.3) is 11.3 Å². The van der Waals surface area contributed by atoms with Crippen molar-refractivity contribution in [3.63, 3.8) is 0 Å². The van der Waals surface area contributed by atoms with Crippen LogP contribution in [0.2, 0.25) is 0 Å². The fourth-order valence-electron chi connectivity index (χ4n) is 2.22. The molecular weight excluding hydrogens is 323 g/mol. The Hall–Kier alpha value is -2.96. The molecule has 3 aromatic rings. The van der Waals surface area contributed by atoms with E-state index in [1.54, 1.807) is 12.1 Å². The fourth-order valence-corrected chi connectivity index (χ4v) is 2.22. The minimum absolute atomic E-state index is 0.0222. The van der Waals surface area contributed by atoms with Crippen LogP contribution >= 0.6 is 0 Å². The summed E-state index contributed by atoms with van der Waals surface area (Å²) in [6.07, 6.45) is -3.04. The average molecular weight is 335 g/mol. The van der Waals surface area contributed by atoms with Crippen LogP contribution in [0.3, 0.4) is 0 Å². The molecule has 0 aliphatic carbocycles. The molecule has 0 saturated heterocycles. The number of halogens is 3. The summed E-state index contributed by atoms with van der Waals surface area (Å²) >= 11 is 0. The Morgan fingerprint density at radius 3 is 2.54 bits per heavy atom. The molecule has 2 aromatic heterocycles. The highest BCUT2D eigenvalue weighted by molar-refractivity contribution is 5.92. The van der Waals surface area contributed by atoms with E-state index in [-0.39, 0.29) is 23.6 Å². The number of furan rings is 2. The van der Waals surface area contributed by atoms with Gasteiger partial charge >= 0.3 is 6.18 Å². The van der Waals surface area contributed by atoms with Gasteiger partial charge in [0.2, 0.25) is 0 Å². The zero-order valence-electron chi connectivity index (χ0n) is 12.3. The van der Waals surface area contributed by atoms with Gasteiger partial charge in [0.25, 0.3) is 5.91 Å². The highest BCUT2D eigenvalue weighted by atomic mass is 19.4. The van der Waals surface area contributed by atoms with Crippen LogP contribution in [0, 0.1) is 0 Å². The van der Waals surface area contributed by atoms with E-state index in [4.69, 9.17) is 8.83 Å². The van der Waals surface area contributed by atoms with Gasteiger partial charge in [-0.3, -0.25) is 4.79 Å². The van der Waals surface area contributed by atoms with Crippen LogP contribution in [0.1, 0.15) is 21.9 Å². The van der Waals surface area contributed by atoms with E-state index in [0.29, 0.717) is 5.76 Å². The summed E-state index contributed by atoms with van der Waals surface area (Å²) in [7, 11) is 0. The summed E-state index contributed by atoms with van der Waals surface area (Å²) in [4.78, 5) is 12.0. The van der Waals surface area contributed by atoms with Crippen molar-refractivity contribution in [3.05, 3.63) is 71.9 Å². The maximum atomic E-state index is 13.0. The molecule has 0 bridgehead atoms. The zero-order chi connectivity index (χ0) is 17.2. The number of carbonyl (C=O) groups is 1. The standard InChI is InChI=1S/C17H12F3NO3/c18-17(19,20)13-6-2-1-5-12(13)14-7-8-15(24-14)16(22)21-10-11-4-3-9-23-11/h1-9H,10H2,(H,21,22). The predicted molar refractivity (Wildman–Crippen MR) is 79.0 cm³/mol. The van der Waals surface area contributed by atoms with Crippen molar-refractivity contribution in [2.24, 2.45) is 0 Å². The minimum Gasteiger partial charge on any atom is -0.467 e. The van der Waals surface area contributed by atoms with Gasteiger partial charge in [0.05, 0.1) is 18.4 Å². The predicted octanol–water partition coefficient (Wildman–Crippen LogP) is 4.49. The molecule has 1 aromatic carbocycles. The second kappa shape index (κ2) is 6.27. The van der Waals surface area contributed by atoms with Gasteiger partial charge < -0.3 is 14.2 Å². The molecule has 0 aliphatic heterocycles. The molecule has 7 heteroatoms. The maximum absolute atomic E-state index is 13.0. The molecule has 2 heterocycles. The lowest BCUT2D eigenvalue weighted by Gasteiger charge is -2.10. The van der Waals surface area contributed by atoms with Crippen LogP contribution in [-0.4, -0.2) is 5.91 Å². The third-order valence-corrected chi connectivity index (χ3v) is 3.33. The summed E-state index contributed by atoms with van der Waals surface area (Å²) in [6, 6.07) is 11.1. The molecule has 0 fully saturated rings. The molecule has 124 valence electrons. The Kier molecular flexibility index (Phi) is 4.16. The molecule has 0 unspecified atom stereocenters. The van der Waals surface area contributed by atoms with Gasteiger partial charge in [-0.2, -0.15) is 13.2 Å². The SMILES string of the molecule is O=C(NCc1ccco1)c1ccc(-c2ccccc2C(F)(F)F)o1. The third kappa shape index (κ3) is 3.34. The van der Waals surface area contributed by atoms with E-state index >= 15 is 0 Å². The Bertz CT molecular complexity index is 835. The average Bonchev–Trinajstić information content (AvgIpc) is 3.23. The van der Waals surface area contributed by atoms with Crippen molar-refractivity contribution in [1.82, 2.24) is 5.32 Å². The van der Waals surface area contributed by atoms with Gasteiger partial charge in [0.1, 0.15) is 11.5 Å². The summed E-state index contributed by atoms with van der Waals surface area (Å²) < 4.78 is 49.5. The molecule has 1 amide bonds. The van der Waals surface area contributed by atoms with E-state index < -0.39 is 17.6 Å². The number of hydrogen-bond donors (Lipinski definition) is 1. The van der Waals surface area contributed by atoms with Gasteiger partial charge in [0.15, 0.2) is 5.76 Å². The molecular formula is C17H12F3NO3. The van der Waals surface area contributed by atoms with Crippen molar-refractivity contribution in [2.45, 2.75) is 12.7 Å². The first-order valence-electron chi connectivity index (χ1n) is 7.02. The number of carbonyl (C=O) groups excluding carboxylic acids is 1. The lowest BCUT2D eigenvalue weighted by Crippen LogP contribution is -2.21. The van der Waals surface area contributed by atoms with E-state index in [2.05, 4.69) is 5.32 Å². The van der Waals surface area contributed by atoms with Crippen LogP contribution in [0.15, 0.2) is 63.6 Å². The number of rotatable bonds is 4. The molecule has 0 spiro atoms. The summed E-state index contributed by atoms with van der Waals surface area (Å²) in [5.41, 5.74) is -0.933. The van der Waals surface area contributed by atoms with Gasteiger partial charge in [-0.05, 0) is 30.3 Å². The lowest BCUT2D eigenvalue weighted by molar-refractivity contribution is -0.137. The third-order valence-electron chi connectivity index (χ3n) is 3.33. The molecule has 0 radical (unpaired) electrons. The van der Waals surface area contributed by atoms with Crippen LogP contribution in [0.4, 0.5) is 13.2 Å². The molecule has 0 saturated carbocycles. The van der Waals surface area contributed by atoms with Crippen molar-refractivity contribution in [2.75, 3.05) is 0 Å². The Morgan fingerprint density at radius 2 is 1.83 bits per heavy atom. The fraction of sp³-hybridized carbons (Fsp3) is 0.118. The smallest absolute Gasteiger partial charge is 0.417 e. The van der Waals surface area contributed by atoms with Crippen molar-refractivity contribution in [1.29, 1.82) is 0 Å². The topological polar surface area (TPSA) is 55.4 Å². The first kappa shape index (κ1) is 15.9. The first-order chi connectivity index (χ1) is 11.4. The largest absolute Gasteiger partial charge is 0.467 e. The highest BCUT2D eigenvalue weighted by Crippen LogP contribution is 2.37.